The average Bonchev–Trinajstić information content (AvgIpc) is 2.92. The molecule has 0 bridgehead atoms. The molecule has 0 saturated carbocycles. The van der Waals surface area contributed by atoms with Gasteiger partial charge in [-0.25, -0.2) is 4.57 Å². The normalized spacial score (nSPS) is 16.8. The summed E-state index contributed by atoms with van der Waals surface area (Å²) in [5.74, 6) is 0.0885. The maximum absolute atomic E-state index is 12.1. The summed E-state index contributed by atoms with van der Waals surface area (Å²) < 4.78 is 16.9. The highest BCUT2D eigenvalue weighted by Crippen LogP contribution is 2.45. The molecule has 6 nitrogen and oxygen atoms in total. The molecule has 1 heterocycles. The van der Waals surface area contributed by atoms with Gasteiger partial charge in [0.25, 0.3) is 0 Å². The molecule has 1 fully saturated rings. The molecule has 3 aromatic rings. The fourth-order valence-corrected chi connectivity index (χ4v) is 6.30. The molecular formula is C32H42NO5P. The van der Waals surface area contributed by atoms with Crippen LogP contribution in [0.1, 0.15) is 74.8 Å². The topological polar surface area (TPSA) is 90.2 Å². The molecule has 1 atom stereocenters. The van der Waals surface area contributed by atoms with Crippen molar-refractivity contribution in [3.63, 3.8) is 0 Å². The van der Waals surface area contributed by atoms with Crippen LogP contribution in [0.25, 0.3) is 0 Å². The molecule has 39 heavy (non-hydrogen) atoms. The van der Waals surface area contributed by atoms with Gasteiger partial charge in [0.05, 0.1) is 6.10 Å². The van der Waals surface area contributed by atoms with Crippen LogP contribution in [0.5, 0.6) is 0 Å². The van der Waals surface area contributed by atoms with Crippen LogP contribution < -0.4 is 0 Å². The maximum Gasteiger partial charge on any atom is 0.470 e. The zero-order chi connectivity index (χ0) is 28.1. The van der Waals surface area contributed by atoms with Crippen LogP contribution in [-0.4, -0.2) is 39.4 Å². The lowest BCUT2D eigenvalue weighted by Crippen LogP contribution is -2.44. The minimum absolute atomic E-state index is 0.00255. The molecule has 1 aliphatic rings. The van der Waals surface area contributed by atoms with Crippen molar-refractivity contribution in [2.45, 2.75) is 63.6 Å². The number of phosphoric acid groups is 1. The summed E-state index contributed by atoms with van der Waals surface area (Å²) in [5, 5.41) is 12.1. The third kappa shape index (κ3) is 7.67. The first-order valence-electron chi connectivity index (χ1n) is 13.9. The standard InChI is InChI=1S/C32H42NO5P/c1-31(2,3)26-18-16-25(17-19-26)30(38-39(35,36)37)15-10-22-33-23-20-29(21-24-33)32(34,27-11-6-4-7-12-27)28-13-8-5-9-14-28/h4-9,11-14,16-19,29-30,34H,10,15,20-24H2,1-3H3,(H2,35,36,37). The highest BCUT2D eigenvalue weighted by molar-refractivity contribution is 7.46. The van der Waals surface area contributed by atoms with E-state index in [1.807, 2.05) is 84.9 Å². The number of rotatable bonds is 10. The minimum Gasteiger partial charge on any atom is -0.380 e. The van der Waals surface area contributed by atoms with E-state index in [4.69, 9.17) is 4.52 Å². The predicted octanol–water partition coefficient (Wildman–Crippen LogP) is 6.56. The van der Waals surface area contributed by atoms with Gasteiger partial charge in [-0.3, -0.25) is 4.52 Å². The summed E-state index contributed by atoms with van der Waals surface area (Å²) in [6.45, 7) is 8.93. The lowest BCUT2D eigenvalue weighted by Gasteiger charge is -2.42. The number of piperidine rings is 1. The lowest BCUT2D eigenvalue weighted by atomic mass is 9.72. The van der Waals surface area contributed by atoms with Crippen LogP contribution in [0.3, 0.4) is 0 Å². The molecule has 0 radical (unpaired) electrons. The number of nitrogens with zero attached hydrogens (tertiary/aromatic N) is 1. The Hall–Kier alpha value is -2.31. The van der Waals surface area contributed by atoms with Gasteiger partial charge in [0.15, 0.2) is 0 Å². The van der Waals surface area contributed by atoms with Gasteiger partial charge < -0.3 is 19.8 Å². The van der Waals surface area contributed by atoms with E-state index in [1.54, 1.807) is 0 Å². The lowest BCUT2D eigenvalue weighted by molar-refractivity contribution is -0.0146. The van der Waals surface area contributed by atoms with Crippen LogP contribution in [0, 0.1) is 5.92 Å². The van der Waals surface area contributed by atoms with Gasteiger partial charge in [-0.05, 0) is 78.9 Å². The maximum atomic E-state index is 12.1. The van der Waals surface area contributed by atoms with Gasteiger partial charge in [0.2, 0.25) is 0 Å². The number of hydrogen-bond donors (Lipinski definition) is 3. The molecule has 0 aliphatic carbocycles. The fourth-order valence-electron chi connectivity index (χ4n) is 5.74. The van der Waals surface area contributed by atoms with Gasteiger partial charge in [0.1, 0.15) is 5.60 Å². The Bertz CT molecular complexity index is 1170. The van der Waals surface area contributed by atoms with Crippen LogP contribution >= 0.6 is 7.82 Å². The number of likely N-dealkylation sites (tertiary alicyclic amines) is 1. The second-order valence-corrected chi connectivity index (χ2v) is 12.9. The Labute approximate surface area is 232 Å². The first-order valence-corrected chi connectivity index (χ1v) is 15.4. The van der Waals surface area contributed by atoms with Crippen LogP contribution in [-0.2, 0) is 20.1 Å². The monoisotopic (exact) mass is 551 g/mol. The van der Waals surface area contributed by atoms with Gasteiger partial charge in [-0.15, -0.1) is 0 Å². The summed E-state index contributed by atoms with van der Waals surface area (Å²) in [4.78, 5) is 21.4. The van der Waals surface area contributed by atoms with Crippen LogP contribution in [0.15, 0.2) is 84.9 Å². The smallest absolute Gasteiger partial charge is 0.380 e. The summed E-state index contributed by atoms with van der Waals surface area (Å²) in [7, 11) is -4.63. The number of benzene rings is 3. The Balaban J connectivity index is 1.38. The summed E-state index contributed by atoms with van der Waals surface area (Å²) in [6, 6.07) is 27.7. The molecule has 1 saturated heterocycles. The molecule has 0 spiro atoms. The molecular weight excluding hydrogens is 509 g/mol. The number of phosphoric ester groups is 1. The molecule has 7 heteroatoms. The molecule has 0 aromatic heterocycles. The third-order valence-electron chi connectivity index (χ3n) is 7.96. The Morgan fingerprint density at radius 3 is 1.82 bits per heavy atom. The van der Waals surface area contributed by atoms with Crippen molar-refractivity contribution < 1.29 is 24.0 Å². The van der Waals surface area contributed by atoms with E-state index in [9.17, 15) is 19.5 Å². The van der Waals surface area contributed by atoms with Crippen molar-refractivity contribution in [1.29, 1.82) is 0 Å². The van der Waals surface area contributed by atoms with Gasteiger partial charge in [-0.1, -0.05) is 106 Å². The van der Waals surface area contributed by atoms with Crippen molar-refractivity contribution in [2.24, 2.45) is 5.92 Å². The molecule has 3 aromatic carbocycles. The van der Waals surface area contributed by atoms with Crippen molar-refractivity contribution in [3.05, 3.63) is 107 Å². The van der Waals surface area contributed by atoms with Crippen LogP contribution in [0.4, 0.5) is 0 Å². The molecule has 0 amide bonds. The Morgan fingerprint density at radius 1 is 0.846 bits per heavy atom. The van der Waals surface area contributed by atoms with Gasteiger partial charge in [-0.2, -0.15) is 0 Å². The highest BCUT2D eigenvalue weighted by Gasteiger charge is 2.41. The van der Waals surface area contributed by atoms with E-state index in [0.717, 1.165) is 61.2 Å². The van der Waals surface area contributed by atoms with Crippen LogP contribution in [0.2, 0.25) is 0 Å². The van der Waals surface area contributed by atoms with E-state index < -0.39 is 19.5 Å². The Kier molecular flexibility index (Phi) is 9.49. The zero-order valence-electron chi connectivity index (χ0n) is 23.2. The van der Waals surface area contributed by atoms with E-state index in [2.05, 4.69) is 25.7 Å². The predicted molar refractivity (Wildman–Crippen MR) is 155 cm³/mol. The second kappa shape index (κ2) is 12.5. The number of aliphatic hydroxyl groups is 1. The van der Waals surface area contributed by atoms with E-state index in [0.29, 0.717) is 6.42 Å². The first-order chi connectivity index (χ1) is 18.5. The largest absolute Gasteiger partial charge is 0.470 e. The molecule has 1 unspecified atom stereocenters. The van der Waals surface area contributed by atoms with Crippen molar-refractivity contribution >= 4 is 7.82 Å². The first kappa shape index (κ1) is 29.7. The van der Waals surface area contributed by atoms with E-state index in [-0.39, 0.29) is 11.3 Å². The summed E-state index contributed by atoms with van der Waals surface area (Å²) in [6.07, 6.45) is 2.31. The van der Waals surface area contributed by atoms with Crippen molar-refractivity contribution in [3.8, 4) is 0 Å². The average molecular weight is 552 g/mol. The SMILES string of the molecule is CC(C)(C)c1ccc(C(CCCN2CCC(C(O)(c3ccccc3)c3ccccc3)CC2)OP(=O)(O)O)cc1. The second-order valence-electron chi connectivity index (χ2n) is 11.7. The summed E-state index contributed by atoms with van der Waals surface area (Å²) in [5.41, 5.74) is 2.73. The van der Waals surface area contributed by atoms with E-state index >= 15 is 0 Å². The summed E-state index contributed by atoms with van der Waals surface area (Å²) >= 11 is 0. The minimum atomic E-state index is -4.63. The third-order valence-corrected chi connectivity index (χ3v) is 8.49. The fraction of sp³-hybridized carbons (Fsp3) is 0.438. The molecule has 1 aliphatic heterocycles. The quantitative estimate of drug-likeness (QED) is 0.247. The molecule has 210 valence electrons. The molecule has 4 rings (SSSR count). The highest BCUT2D eigenvalue weighted by atomic mass is 31.2. The zero-order valence-corrected chi connectivity index (χ0v) is 24.1. The van der Waals surface area contributed by atoms with E-state index in [1.165, 1.54) is 0 Å². The van der Waals surface area contributed by atoms with Gasteiger partial charge in [0, 0.05) is 0 Å². The Morgan fingerprint density at radius 2 is 1.36 bits per heavy atom. The van der Waals surface area contributed by atoms with Gasteiger partial charge >= 0.3 is 7.82 Å². The van der Waals surface area contributed by atoms with Crippen molar-refractivity contribution in [1.82, 2.24) is 4.90 Å². The molecule has 3 N–H and O–H groups in total. The van der Waals surface area contributed by atoms with Crippen molar-refractivity contribution in [2.75, 3.05) is 19.6 Å². The number of hydrogen-bond acceptors (Lipinski definition) is 4.